The lowest BCUT2D eigenvalue weighted by molar-refractivity contribution is 0.415. The smallest absolute Gasteiger partial charge is 0.243 e. The van der Waals surface area contributed by atoms with Crippen molar-refractivity contribution in [3.8, 4) is 5.75 Å². The Hall–Kier alpha value is -3.33. The number of methoxy groups -OCH3 is 1. The largest absolute Gasteiger partial charge is 0.497 e. The van der Waals surface area contributed by atoms with Crippen LogP contribution in [0.3, 0.4) is 0 Å². The van der Waals surface area contributed by atoms with Gasteiger partial charge in [-0.15, -0.1) is 0 Å². The van der Waals surface area contributed by atoms with Gasteiger partial charge < -0.3 is 19.8 Å². The van der Waals surface area contributed by atoms with Gasteiger partial charge in [-0.3, -0.25) is 5.43 Å². The molecule has 0 aliphatic heterocycles. The summed E-state index contributed by atoms with van der Waals surface area (Å²) in [7, 11) is 1.62. The molecule has 124 valence electrons. The van der Waals surface area contributed by atoms with Crippen molar-refractivity contribution in [1.29, 1.82) is 0 Å². The second-order valence-corrected chi connectivity index (χ2v) is 4.74. The van der Waals surface area contributed by atoms with E-state index in [4.69, 9.17) is 15.0 Å². The number of nitrogens with zero attached hydrogens (tertiary/aromatic N) is 3. The van der Waals surface area contributed by atoms with Crippen LogP contribution in [-0.4, -0.2) is 22.1 Å². The first-order valence-electron chi connectivity index (χ1n) is 7.17. The molecule has 0 saturated heterocycles. The van der Waals surface area contributed by atoms with Crippen LogP contribution in [0, 0.1) is 0 Å². The molecular weight excluding hydrogens is 310 g/mol. The van der Waals surface area contributed by atoms with Gasteiger partial charge in [-0.05, 0) is 36.4 Å². The molecule has 2 heterocycles. The van der Waals surface area contributed by atoms with E-state index in [0.29, 0.717) is 18.4 Å². The van der Waals surface area contributed by atoms with Crippen LogP contribution in [0.1, 0.15) is 5.76 Å². The summed E-state index contributed by atoms with van der Waals surface area (Å²) in [6.45, 7) is 0.447. The molecule has 24 heavy (non-hydrogen) atoms. The number of rotatable bonds is 7. The van der Waals surface area contributed by atoms with Crippen LogP contribution in [0.2, 0.25) is 0 Å². The SMILES string of the molecule is COc1ccc(Nc2nc(NN)nc(NCc3ccco3)n2)cc1. The minimum atomic E-state index is 0.239. The maximum absolute atomic E-state index is 5.42. The molecule has 0 saturated carbocycles. The highest BCUT2D eigenvalue weighted by Crippen LogP contribution is 2.19. The molecule has 3 aromatic rings. The quantitative estimate of drug-likeness (QED) is 0.381. The topological polar surface area (TPSA) is 123 Å². The van der Waals surface area contributed by atoms with E-state index in [-0.39, 0.29) is 5.95 Å². The Morgan fingerprint density at radius 3 is 2.46 bits per heavy atom. The molecule has 0 unspecified atom stereocenters. The van der Waals surface area contributed by atoms with Crippen molar-refractivity contribution in [3.05, 3.63) is 48.4 Å². The van der Waals surface area contributed by atoms with E-state index in [2.05, 4.69) is 31.0 Å². The van der Waals surface area contributed by atoms with Gasteiger partial charge in [0.2, 0.25) is 17.8 Å². The number of nitrogens with one attached hydrogen (secondary N) is 3. The van der Waals surface area contributed by atoms with E-state index in [0.717, 1.165) is 17.2 Å². The Morgan fingerprint density at radius 1 is 1.04 bits per heavy atom. The number of hydrogen-bond donors (Lipinski definition) is 4. The standard InChI is InChI=1S/C15H17N7O2/c1-23-11-6-4-10(5-7-11)18-14-19-13(20-15(21-14)22-16)17-9-12-3-2-8-24-12/h2-8H,9,16H2,1H3,(H3,17,18,19,20,21,22). The van der Waals surface area contributed by atoms with Crippen LogP contribution in [0.5, 0.6) is 5.75 Å². The van der Waals surface area contributed by atoms with Gasteiger partial charge in [-0.25, -0.2) is 5.84 Å². The molecule has 0 atom stereocenters. The molecule has 3 rings (SSSR count). The van der Waals surface area contributed by atoms with Gasteiger partial charge >= 0.3 is 0 Å². The van der Waals surface area contributed by atoms with Crippen molar-refractivity contribution in [2.75, 3.05) is 23.2 Å². The third-order valence-electron chi connectivity index (χ3n) is 3.11. The first-order chi connectivity index (χ1) is 11.8. The summed E-state index contributed by atoms with van der Waals surface area (Å²) in [4.78, 5) is 12.6. The second-order valence-electron chi connectivity index (χ2n) is 4.74. The predicted octanol–water partition coefficient (Wildman–Crippen LogP) is 2.11. The number of nitrogen functional groups attached to an aromatic ring is 1. The molecule has 9 heteroatoms. The molecule has 0 radical (unpaired) electrons. The van der Waals surface area contributed by atoms with Gasteiger partial charge in [0.25, 0.3) is 0 Å². The van der Waals surface area contributed by atoms with Crippen LogP contribution in [0.4, 0.5) is 23.5 Å². The summed E-state index contributed by atoms with van der Waals surface area (Å²) < 4.78 is 10.4. The molecular formula is C15H17N7O2. The monoisotopic (exact) mass is 327 g/mol. The Morgan fingerprint density at radius 2 is 1.79 bits per heavy atom. The maximum atomic E-state index is 5.42. The highest BCUT2D eigenvalue weighted by molar-refractivity contribution is 5.56. The molecule has 1 aromatic carbocycles. The van der Waals surface area contributed by atoms with Crippen LogP contribution in [-0.2, 0) is 6.54 Å². The molecule has 9 nitrogen and oxygen atoms in total. The number of aromatic nitrogens is 3. The molecule has 0 amide bonds. The Kier molecular flexibility index (Phi) is 4.73. The minimum Gasteiger partial charge on any atom is -0.497 e. The zero-order valence-electron chi connectivity index (χ0n) is 13.0. The fraction of sp³-hybridized carbons (Fsp3) is 0.133. The van der Waals surface area contributed by atoms with E-state index in [1.807, 2.05) is 36.4 Å². The van der Waals surface area contributed by atoms with E-state index in [1.54, 1.807) is 13.4 Å². The van der Waals surface area contributed by atoms with Crippen molar-refractivity contribution >= 4 is 23.5 Å². The number of ether oxygens (including phenoxy) is 1. The molecule has 2 aromatic heterocycles. The Bertz CT molecular complexity index is 775. The maximum Gasteiger partial charge on any atom is 0.243 e. The van der Waals surface area contributed by atoms with Crippen molar-refractivity contribution in [2.24, 2.45) is 5.84 Å². The molecule has 0 aliphatic rings. The summed E-state index contributed by atoms with van der Waals surface area (Å²) in [6, 6.07) is 11.0. The first kappa shape index (κ1) is 15.6. The van der Waals surface area contributed by atoms with Crippen molar-refractivity contribution < 1.29 is 9.15 Å². The van der Waals surface area contributed by atoms with Crippen LogP contribution in [0.15, 0.2) is 47.1 Å². The summed E-state index contributed by atoms with van der Waals surface area (Å²) in [5, 5.41) is 6.14. The van der Waals surface area contributed by atoms with Gasteiger partial charge in [0.15, 0.2) is 0 Å². The van der Waals surface area contributed by atoms with E-state index in [9.17, 15) is 0 Å². The summed E-state index contributed by atoms with van der Waals surface area (Å²) >= 11 is 0. The second kappa shape index (κ2) is 7.29. The van der Waals surface area contributed by atoms with Crippen LogP contribution < -0.4 is 26.6 Å². The Labute approximate surface area is 138 Å². The number of anilines is 4. The van der Waals surface area contributed by atoms with Gasteiger partial charge in [-0.2, -0.15) is 15.0 Å². The Balaban J connectivity index is 1.74. The molecule has 0 fully saturated rings. The third kappa shape index (κ3) is 3.90. The van der Waals surface area contributed by atoms with Gasteiger partial charge in [0.1, 0.15) is 11.5 Å². The summed E-state index contributed by atoms with van der Waals surface area (Å²) in [6.07, 6.45) is 1.61. The fourth-order valence-corrected chi connectivity index (χ4v) is 1.96. The van der Waals surface area contributed by atoms with E-state index < -0.39 is 0 Å². The third-order valence-corrected chi connectivity index (χ3v) is 3.11. The average Bonchev–Trinajstić information content (AvgIpc) is 3.14. The van der Waals surface area contributed by atoms with Gasteiger partial charge in [-0.1, -0.05) is 0 Å². The number of furan rings is 1. The minimum absolute atomic E-state index is 0.239. The molecule has 0 spiro atoms. The predicted molar refractivity (Wildman–Crippen MR) is 89.9 cm³/mol. The lowest BCUT2D eigenvalue weighted by Crippen LogP contribution is -2.14. The first-order valence-corrected chi connectivity index (χ1v) is 7.17. The average molecular weight is 327 g/mol. The fourth-order valence-electron chi connectivity index (χ4n) is 1.96. The normalized spacial score (nSPS) is 10.2. The van der Waals surface area contributed by atoms with Crippen LogP contribution >= 0.6 is 0 Å². The highest BCUT2D eigenvalue weighted by Gasteiger charge is 2.07. The summed E-state index contributed by atoms with van der Waals surface area (Å²) in [5.41, 5.74) is 3.23. The van der Waals surface area contributed by atoms with Crippen LogP contribution in [0.25, 0.3) is 0 Å². The van der Waals surface area contributed by atoms with E-state index >= 15 is 0 Å². The van der Waals surface area contributed by atoms with Crippen molar-refractivity contribution in [1.82, 2.24) is 15.0 Å². The lowest BCUT2D eigenvalue weighted by atomic mass is 10.3. The molecule has 5 N–H and O–H groups in total. The van der Waals surface area contributed by atoms with Crippen molar-refractivity contribution in [3.63, 3.8) is 0 Å². The summed E-state index contributed by atoms with van der Waals surface area (Å²) in [5.74, 6) is 7.90. The highest BCUT2D eigenvalue weighted by atomic mass is 16.5. The zero-order valence-corrected chi connectivity index (χ0v) is 13.0. The number of benzene rings is 1. The number of hydrogen-bond acceptors (Lipinski definition) is 9. The van der Waals surface area contributed by atoms with Gasteiger partial charge in [0.05, 0.1) is 19.9 Å². The number of hydrazine groups is 1. The zero-order chi connectivity index (χ0) is 16.8. The lowest BCUT2D eigenvalue weighted by Gasteiger charge is -2.09. The van der Waals surface area contributed by atoms with Crippen molar-refractivity contribution in [2.45, 2.75) is 6.54 Å². The van der Waals surface area contributed by atoms with E-state index in [1.165, 1.54) is 0 Å². The number of nitrogens with two attached hydrogens (primary N) is 1. The molecule has 0 bridgehead atoms. The molecule has 0 aliphatic carbocycles. The van der Waals surface area contributed by atoms with Gasteiger partial charge in [0, 0.05) is 5.69 Å².